The van der Waals surface area contributed by atoms with Gasteiger partial charge < -0.3 is 10.6 Å². The maximum atomic E-state index is 12.2. The molecule has 0 saturated carbocycles. The van der Waals surface area contributed by atoms with E-state index in [-0.39, 0.29) is 18.2 Å². The van der Waals surface area contributed by atoms with E-state index in [0.29, 0.717) is 5.69 Å². The average molecular weight is 345 g/mol. The van der Waals surface area contributed by atoms with E-state index in [1.165, 1.54) is 0 Å². The molecular formula is C16H13BrN2O2. The van der Waals surface area contributed by atoms with Gasteiger partial charge in [0.25, 0.3) is 0 Å². The third kappa shape index (κ3) is 2.83. The third-order valence-electron chi connectivity index (χ3n) is 3.45. The standard InChI is InChI=1S/C16H13BrN2O2/c17-12-6-2-4-8-14(12)18-15(20)9-11-10-5-1-3-7-13(10)19-16(11)21/h1-8,11H,9H2,(H,18,20)(H,19,21). The number of fused-ring (bicyclic) bond motifs is 1. The van der Waals surface area contributed by atoms with Gasteiger partial charge in [-0.05, 0) is 39.7 Å². The molecule has 1 unspecified atom stereocenters. The van der Waals surface area contributed by atoms with Gasteiger partial charge in [-0.15, -0.1) is 0 Å². The van der Waals surface area contributed by atoms with Crippen LogP contribution in [0.4, 0.5) is 11.4 Å². The highest BCUT2D eigenvalue weighted by atomic mass is 79.9. The zero-order valence-corrected chi connectivity index (χ0v) is 12.7. The molecule has 0 aliphatic carbocycles. The number of rotatable bonds is 3. The zero-order chi connectivity index (χ0) is 14.8. The molecule has 0 bridgehead atoms. The quantitative estimate of drug-likeness (QED) is 0.894. The summed E-state index contributed by atoms with van der Waals surface area (Å²) in [4.78, 5) is 24.1. The number of para-hydroxylation sites is 2. The number of hydrogen-bond acceptors (Lipinski definition) is 2. The van der Waals surface area contributed by atoms with Gasteiger partial charge in [0.1, 0.15) is 0 Å². The Labute approximate surface area is 130 Å². The molecule has 2 aromatic rings. The highest BCUT2D eigenvalue weighted by molar-refractivity contribution is 9.10. The molecule has 0 saturated heterocycles. The summed E-state index contributed by atoms with van der Waals surface area (Å²) in [7, 11) is 0. The summed E-state index contributed by atoms with van der Waals surface area (Å²) in [5, 5.41) is 5.62. The number of halogens is 1. The fraction of sp³-hybridized carbons (Fsp3) is 0.125. The van der Waals surface area contributed by atoms with E-state index in [0.717, 1.165) is 15.7 Å². The van der Waals surface area contributed by atoms with Gasteiger partial charge in [0, 0.05) is 16.6 Å². The van der Waals surface area contributed by atoms with Crippen LogP contribution in [0.25, 0.3) is 0 Å². The Hall–Kier alpha value is -2.14. The second-order valence-electron chi connectivity index (χ2n) is 4.86. The van der Waals surface area contributed by atoms with Crippen molar-refractivity contribution in [3.05, 3.63) is 58.6 Å². The van der Waals surface area contributed by atoms with Gasteiger partial charge >= 0.3 is 0 Å². The molecule has 21 heavy (non-hydrogen) atoms. The number of nitrogens with one attached hydrogen (secondary N) is 2. The van der Waals surface area contributed by atoms with Crippen LogP contribution in [0.5, 0.6) is 0 Å². The molecule has 106 valence electrons. The highest BCUT2D eigenvalue weighted by Gasteiger charge is 2.31. The van der Waals surface area contributed by atoms with Gasteiger partial charge in [0.05, 0.1) is 11.6 Å². The molecule has 2 N–H and O–H groups in total. The Bertz CT molecular complexity index is 715. The number of anilines is 2. The lowest BCUT2D eigenvalue weighted by Gasteiger charge is -2.10. The van der Waals surface area contributed by atoms with Crippen LogP contribution in [-0.4, -0.2) is 11.8 Å². The van der Waals surface area contributed by atoms with Crippen molar-refractivity contribution in [1.82, 2.24) is 0 Å². The number of carbonyl (C=O) groups is 2. The molecule has 5 heteroatoms. The number of hydrogen-bond donors (Lipinski definition) is 2. The minimum atomic E-state index is -0.427. The maximum absolute atomic E-state index is 12.2. The van der Waals surface area contributed by atoms with E-state index in [1.807, 2.05) is 48.5 Å². The van der Waals surface area contributed by atoms with E-state index >= 15 is 0 Å². The molecule has 1 aliphatic heterocycles. The first-order valence-corrected chi connectivity index (χ1v) is 7.38. The monoisotopic (exact) mass is 344 g/mol. The molecule has 4 nitrogen and oxygen atoms in total. The summed E-state index contributed by atoms with van der Waals surface area (Å²) in [6.45, 7) is 0. The molecular weight excluding hydrogens is 332 g/mol. The van der Waals surface area contributed by atoms with Crippen LogP contribution in [0.1, 0.15) is 17.9 Å². The summed E-state index contributed by atoms with van der Waals surface area (Å²) in [5.41, 5.74) is 2.38. The Morgan fingerprint density at radius 3 is 2.67 bits per heavy atom. The first-order valence-electron chi connectivity index (χ1n) is 6.59. The van der Waals surface area contributed by atoms with E-state index in [1.54, 1.807) is 0 Å². The average Bonchev–Trinajstić information content (AvgIpc) is 2.78. The number of amides is 2. The fourth-order valence-electron chi connectivity index (χ4n) is 2.43. The molecule has 2 aromatic carbocycles. The smallest absolute Gasteiger partial charge is 0.232 e. The van der Waals surface area contributed by atoms with E-state index in [4.69, 9.17) is 0 Å². The predicted molar refractivity (Wildman–Crippen MR) is 85.2 cm³/mol. The van der Waals surface area contributed by atoms with Crippen LogP contribution >= 0.6 is 15.9 Å². The number of carbonyl (C=O) groups excluding carboxylic acids is 2. The lowest BCUT2D eigenvalue weighted by atomic mass is 9.97. The Kier molecular flexibility index (Phi) is 3.75. The SMILES string of the molecule is O=C(CC1C(=O)Nc2ccccc21)Nc1ccccc1Br. The molecule has 1 heterocycles. The van der Waals surface area contributed by atoms with Crippen LogP contribution in [0, 0.1) is 0 Å². The molecule has 2 amide bonds. The largest absolute Gasteiger partial charge is 0.325 e. The topological polar surface area (TPSA) is 58.2 Å². The van der Waals surface area contributed by atoms with Crippen LogP contribution in [-0.2, 0) is 9.59 Å². The molecule has 3 rings (SSSR count). The minimum Gasteiger partial charge on any atom is -0.325 e. The van der Waals surface area contributed by atoms with Crippen molar-refractivity contribution >= 4 is 39.1 Å². The highest BCUT2D eigenvalue weighted by Crippen LogP contribution is 2.34. The van der Waals surface area contributed by atoms with Gasteiger partial charge in [0.2, 0.25) is 11.8 Å². The first-order chi connectivity index (χ1) is 10.1. The van der Waals surface area contributed by atoms with Crippen molar-refractivity contribution in [1.29, 1.82) is 0 Å². The van der Waals surface area contributed by atoms with Gasteiger partial charge in [-0.25, -0.2) is 0 Å². The number of benzene rings is 2. The van der Waals surface area contributed by atoms with Gasteiger partial charge in [-0.1, -0.05) is 30.3 Å². The van der Waals surface area contributed by atoms with Crippen molar-refractivity contribution in [3.8, 4) is 0 Å². The third-order valence-corrected chi connectivity index (χ3v) is 4.14. The Balaban J connectivity index is 1.74. The summed E-state index contributed by atoms with van der Waals surface area (Å²) < 4.78 is 0.814. The van der Waals surface area contributed by atoms with E-state index in [9.17, 15) is 9.59 Å². The van der Waals surface area contributed by atoms with Crippen molar-refractivity contribution in [2.75, 3.05) is 10.6 Å². The Morgan fingerprint density at radius 1 is 1.14 bits per heavy atom. The molecule has 0 fully saturated rings. The van der Waals surface area contributed by atoms with Crippen LogP contribution in [0.2, 0.25) is 0 Å². The van der Waals surface area contributed by atoms with Gasteiger partial charge in [-0.3, -0.25) is 9.59 Å². The maximum Gasteiger partial charge on any atom is 0.232 e. The molecule has 1 atom stereocenters. The second-order valence-corrected chi connectivity index (χ2v) is 5.72. The van der Waals surface area contributed by atoms with Crippen LogP contribution in [0.15, 0.2) is 53.0 Å². The van der Waals surface area contributed by atoms with Gasteiger partial charge in [-0.2, -0.15) is 0 Å². The molecule has 0 radical (unpaired) electrons. The minimum absolute atomic E-state index is 0.126. The summed E-state index contributed by atoms with van der Waals surface area (Å²) in [6, 6.07) is 14.8. The summed E-state index contributed by atoms with van der Waals surface area (Å²) in [6.07, 6.45) is 0.129. The van der Waals surface area contributed by atoms with E-state index in [2.05, 4.69) is 26.6 Å². The lowest BCUT2D eigenvalue weighted by molar-refractivity contribution is -0.122. The van der Waals surface area contributed by atoms with Crippen molar-refractivity contribution in [2.24, 2.45) is 0 Å². The van der Waals surface area contributed by atoms with Crippen molar-refractivity contribution in [2.45, 2.75) is 12.3 Å². The summed E-state index contributed by atoms with van der Waals surface area (Å²) in [5.74, 6) is -0.735. The normalized spacial score (nSPS) is 16.2. The predicted octanol–water partition coefficient (Wildman–Crippen LogP) is 3.51. The molecule has 0 aromatic heterocycles. The van der Waals surface area contributed by atoms with Crippen molar-refractivity contribution in [3.63, 3.8) is 0 Å². The van der Waals surface area contributed by atoms with Crippen molar-refractivity contribution < 1.29 is 9.59 Å². The molecule has 1 aliphatic rings. The van der Waals surface area contributed by atoms with Crippen LogP contribution < -0.4 is 10.6 Å². The lowest BCUT2D eigenvalue weighted by Crippen LogP contribution is -2.20. The van der Waals surface area contributed by atoms with Crippen LogP contribution in [0.3, 0.4) is 0 Å². The fourth-order valence-corrected chi connectivity index (χ4v) is 2.81. The summed E-state index contributed by atoms with van der Waals surface area (Å²) >= 11 is 3.38. The van der Waals surface area contributed by atoms with Gasteiger partial charge in [0.15, 0.2) is 0 Å². The first kappa shape index (κ1) is 13.8. The molecule has 0 spiro atoms. The second kappa shape index (κ2) is 5.69. The van der Waals surface area contributed by atoms with E-state index < -0.39 is 5.92 Å². The Morgan fingerprint density at radius 2 is 1.86 bits per heavy atom. The zero-order valence-electron chi connectivity index (χ0n) is 11.1.